The van der Waals surface area contributed by atoms with E-state index in [4.69, 9.17) is 15.2 Å². The van der Waals surface area contributed by atoms with E-state index in [9.17, 15) is 4.79 Å². The van der Waals surface area contributed by atoms with Crippen molar-refractivity contribution in [1.82, 2.24) is 4.37 Å². The van der Waals surface area contributed by atoms with Crippen molar-refractivity contribution in [3.63, 3.8) is 0 Å². The molecule has 0 fully saturated rings. The van der Waals surface area contributed by atoms with E-state index < -0.39 is 5.97 Å². The lowest BCUT2D eigenvalue weighted by Gasteiger charge is -2.03. The number of rotatable bonds is 5. The Balaban J connectivity index is 2.47. The summed E-state index contributed by atoms with van der Waals surface area (Å²) in [6.07, 6.45) is 0.679. The van der Waals surface area contributed by atoms with E-state index in [0.29, 0.717) is 35.9 Å². The minimum Gasteiger partial charge on any atom is -0.462 e. The minimum absolute atomic E-state index is 0.335. The molecule has 0 unspecified atom stereocenters. The molecule has 0 radical (unpaired) electrons. The third kappa shape index (κ3) is 3.17. The van der Waals surface area contributed by atoms with Crippen LogP contribution in [0.3, 0.4) is 0 Å². The number of aryl methyl sites for hydroxylation is 1. The molecule has 0 aliphatic carbocycles. The molecule has 15 heavy (non-hydrogen) atoms. The fourth-order valence-corrected chi connectivity index (χ4v) is 1.72. The van der Waals surface area contributed by atoms with Crippen LogP contribution in [0.2, 0.25) is 0 Å². The Hall–Kier alpha value is -1.14. The van der Waals surface area contributed by atoms with Gasteiger partial charge in [-0.1, -0.05) is 0 Å². The molecule has 0 spiro atoms. The highest BCUT2D eigenvalue weighted by molar-refractivity contribution is 7.10. The Labute approximate surface area is 92.4 Å². The molecule has 1 rings (SSSR count). The van der Waals surface area contributed by atoms with Gasteiger partial charge in [0.1, 0.15) is 10.6 Å². The van der Waals surface area contributed by atoms with Crippen LogP contribution >= 0.6 is 11.5 Å². The first-order valence-electron chi connectivity index (χ1n) is 4.54. The van der Waals surface area contributed by atoms with Gasteiger partial charge in [0.05, 0.1) is 12.3 Å². The lowest BCUT2D eigenvalue weighted by molar-refractivity contribution is 0.0469. The van der Waals surface area contributed by atoms with Gasteiger partial charge in [-0.15, -0.1) is 0 Å². The summed E-state index contributed by atoms with van der Waals surface area (Å²) in [5.74, 6) is -0.408. The molecule has 0 aliphatic heterocycles. The van der Waals surface area contributed by atoms with Crippen molar-refractivity contribution in [2.75, 3.05) is 26.1 Å². The van der Waals surface area contributed by atoms with Gasteiger partial charge in [0.15, 0.2) is 0 Å². The van der Waals surface area contributed by atoms with Crippen LogP contribution in [0, 0.1) is 6.92 Å². The molecule has 0 saturated heterocycles. The maximum atomic E-state index is 11.5. The zero-order valence-electron chi connectivity index (χ0n) is 8.78. The fourth-order valence-electron chi connectivity index (χ4n) is 1.08. The molecule has 6 heteroatoms. The maximum absolute atomic E-state index is 11.5. The number of methoxy groups -OCH3 is 1. The number of nitrogen functional groups attached to an aromatic ring is 1. The van der Waals surface area contributed by atoms with Crippen molar-refractivity contribution < 1.29 is 14.3 Å². The number of nitrogens with two attached hydrogens (primary N) is 1. The van der Waals surface area contributed by atoms with Crippen molar-refractivity contribution in [3.05, 3.63) is 11.3 Å². The molecule has 2 N–H and O–H groups in total. The van der Waals surface area contributed by atoms with Gasteiger partial charge in [-0.05, 0) is 18.5 Å². The fraction of sp³-hybridized carbons (Fsp3) is 0.556. The zero-order valence-corrected chi connectivity index (χ0v) is 9.60. The highest BCUT2D eigenvalue weighted by Crippen LogP contribution is 2.21. The molecule has 1 heterocycles. The molecule has 0 atom stereocenters. The minimum atomic E-state index is -0.408. The van der Waals surface area contributed by atoms with Crippen molar-refractivity contribution in [2.24, 2.45) is 0 Å². The van der Waals surface area contributed by atoms with E-state index >= 15 is 0 Å². The average molecular weight is 230 g/mol. The van der Waals surface area contributed by atoms with Crippen LogP contribution in [-0.4, -0.2) is 30.7 Å². The van der Waals surface area contributed by atoms with Gasteiger partial charge in [0.2, 0.25) is 0 Å². The molecular weight excluding hydrogens is 216 g/mol. The number of hydrogen-bond acceptors (Lipinski definition) is 6. The topological polar surface area (TPSA) is 74.4 Å². The van der Waals surface area contributed by atoms with Crippen LogP contribution in [0.25, 0.3) is 0 Å². The van der Waals surface area contributed by atoms with Gasteiger partial charge in [-0.25, -0.2) is 4.79 Å². The maximum Gasteiger partial charge on any atom is 0.343 e. The molecule has 0 saturated carbocycles. The second-order valence-electron chi connectivity index (χ2n) is 2.99. The molecule has 1 aromatic rings. The van der Waals surface area contributed by atoms with Gasteiger partial charge < -0.3 is 15.2 Å². The molecule has 0 aliphatic rings. The first-order valence-corrected chi connectivity index (χ1v) is 5.32. The van der Waals surface area contributed by atoms with Crippen LogP contribution in [0.15, 0.2) is 0 Å². The Morgan fingerprint density at radius 1 is 1.53 bits per heavy atom. The number of carbonyl (C=O) groups excluding carboxylic acids is 1. The number of anilines is 1. The zero-order chi connectivity index (χ0) is 11.3. The van der Waals surface area contributed by atoms with Crippen molar-refractivity contribution >= 4 is 22.5 Å². The standard InChI is InChI=1S/C9H14N2O3S/c1-6-7(8(10)15-11-6)9(12)14-5-3-4-13-2/h3-5,10H2,1-2H3. The van der Waals surface area contributed by atoms with E-state index in [-0.39, 0.29) is 0 Å². The number of esters is 1. The predicted octanol–water partition coefficient (Wildman–Crippen LogP) is 1.23. The number of aromatic nitrogens is 1. The van der Waals surface area contributed by atoms with Crippen molar-refractivity contribution in [1.29, 1.82) is 0 Å². The van der Waals surface area contributed by atoms with Gasteiger partial charge in [-0.3, -0.25) is 0 Å². The van der Waals surface area contributed by atoms with E-state index in [2.05, 4.69) is 4.37 Å². The van der Waals surface area contributed by atoms with Crippen LogP contribution in [0.5, 0.6) is 0 Å². The molecule has 0 amide bonds. The molecule has 84 valence electrons. The van der Waals surface area contributed by atoms with Gasteiger partial charge in [0.25, 0.3) is 0 Å². The second-order valence-corrected chi connectivity index (χ2v) is 3.79. The number of ether oxygens (including phenoxy) is 2. The Kier molecular flexibility index (Phi) is 4.51. The van der Waals surface area contributed by atoms with E-state index in [0.717, 1.165) is 11.5 Å². The van der Waals surface area contributed by atoms with E-state index in [1.807, 2.05) is 0 Å². The predicted molar refractivity (Wildman–Crippen MR) is 58.0 cm³/mol. The van der Waals surface area contributed by atoms with E-state index in [1.165, 1.54) is 0 Å². The van der Waals surface area contributed by atoms with Gasteiger partial charge in [-0.2, -0.15) is 4.37 Å². The third-order valence-corrected chi connectivity index (χ3v) is 2.59. The van der Waals surface area contributed by atoms with Crippen LogP contribution in [0.1, 0.15) is 22.5 Å². The van der Waals surface area contributed by atoms with Crippen LogP contribution < -0.4 is 5.73 Å². The van der Waals surface area contributed by atoms with Crippen molar-refractivity contribution in [3.8, 4) is 0 Å². The summed E-state index contributed by atoms with van der Waals surface area (Å²) in [6.45, 7) is 2.64. The Morgan fingerprint density at radius 2 is 2.27 bits per heavy atom. The largest absolute Gasteiger partial charge is 0.462 e. The SMILES string of the molecule is COCCCOC(=O)c1c(C)nsc1N. The highest BCUT2D eigenvalue weighted by atomic mass is 32.1. The van der Waals surface area contributed by atoms with Gasteiger partial charge in [0, 0.05) is 20.1 Å². The number of nitrogens with zero attached hydrogens (tertiary/aromatic N) is 1. The molecule has 0 bridgehead atoms. The normalized spacial score (nSPS) is 10.3. The molecular formula is C9H14N2O3S. The Bertz CT molecular complexity index is 319. The summed E-state index contributed by atoms with van der Waals surface area (Å²) in [7, 11) is 1.60. The second kappa shape index (κ2) is 5.67. The summed E-state index contributed by atoms with van der Waals surface area (Å²) < 4.78 is 13.8. The summed E-state index contributed by atoms with van der Waals surface area (Å²) in [4.78, 5) is 11.5. The average Bonchev–Trinajstić information content (AvgIpc) is 2.53. The third-order valence-electron chi connectivity index (χ3n) is 1.82. The molecule has 0 aromatic carbocycles. The number of hydrogen-bond donors (Lipinski definition) is 1. The summed E-state index contributed by atoms with van der Waals surface area (Å²) in [5, 5.41) is 0.407. The molecule has 5 nitrogen and oxygen atoms in total. The lowest BCUT2D eigenvalue weighted by atomic mass is 10.2. The van der Waals surface area contributed by atoms with Crippen molar-refractivity contribution in [2.45, 2.75) is 13.3 Å². The van der Waals surface area contributed by atoms with Crippen LogP contribution in [0.4, 0.5) is 5.00 Å². The monoisotopic (exact) mass is 230 g/mol. The smallest absolute Gasteiger partial charge is 0.343 e. The lowest BCUT2D eigenvalue weighted by Crippen LogP contribution is -2.10. The van der Waals surface area contributed by atoms with Crippen LogP contribution in [-0.2, 0) is 9.47 Å². The molecule has 1 aromatic heterocycles. The number of carbonyl (C=O) groups is 1. The first kappa shape index (κ1) is 11.9. The summed E-state index contributed by atoms with van der Waals surface area (Å²) >= 11 is 1.11. The summed E-state index contributed by atoms with van der Waals surface area (Å²) in [6, 6.07) is 0. The van der Waals surface area contributed by atoms with Gasteiger partial charge >= 0.3 is 5.97 Å². The summed E-state index contributed by atoms with van der Waals surface area (Å²) in [5.41, 5.74) is 6.61. The highest BCUT2D eigenvalue weighted by Gasteiger charge is 2.17. The van der Waals surface area contributed by atoms with E-state index in [1.54, 1.807) is 14.0 Å². The quantitative estimate of drug-likeness (QED) is 0.608. The Morgan fingerprint density at radius 3 is 2.80 bits per heavy atom. The first-order chi connectivity index (χ1) is 7.16.